The molecular formula is C21H14N2O3S. The lowest BCUT2D eigenvalue weighted by Gasteiger charge is -2.11. The van der Waals surface area contributed by atoms with Gasteiger partial charge in [-0.15, -0.1) is 0 Å². The molecule has 1 heterocycles. The van der Waals surface area contributed by atoms with Gasteiger partial charge in [0.15, 0.2) is 5.11 Å². The molecule has 132 valence electrons. The lowest BCUT2D eigenvalue weighted by Crippen LogP contribution is -2.36. The third-order valence-electron chi connectivity index (χ3n) is 4.15. The van der Waals surface area contributed by atoms with E-state index in [4.69, 9.17) is 16.6 Å². The van der Waals surface area contributed by atoms with Crippen LogP contribution in [0.2, 0.25) is 0 Å². The highest BCUT2D eigenvalue weighted by Crippen LogP contribution is 2.22. The van der Waals surface area contributed by atoms with Gasteiger partial charge < -0.3 is 9.73 Å². The van der Waals surface area contributed by atoms with Gasteiger partial charge in [-0.05, 0) is 35.8 Å². The molecule has 5 nitrogen and oxygen atoms in total. The molecule has 27 heavy (non-hydrogen) atoms. The van der Waals surface area contributed by atoms with Crippen LogP contribution in [0.25, 0.3) is 21.7 Å². The first-order valence-corrected chi connectivity index (χ1v) is 8.65. The molecule has 0 fully saturated rings. The Morgan fingerprint density at radius 1 is 0.889 bits per heavy atom. The van der Waals surface area contributed by atoms with Gasteiger partial charge in [0.1, 0.15) is 11.1 Å². The number of thiocarbonyl (C=S) groups is 1. The number of hydrogen-bond acceptors (Lipinski definition) is 4. The summed E-state index contributed by atoms with van der Waals surface area (Å²) in [5.41, 5.74) is 0.384. The van der Waals surface area contributed by atoms with Gasteiger partial charge in [0.05, 0.1) is 0 Å². The smallest absolute Gasteiger partial charge is 0.349 e. The minimum atomic E-state index is -0.709. The minimum Gasteiger partial charge on any atom is -0.422 e. The van der Waals surface area contributed by atoms with Crippen LogP contribution in [0.4, 0.5) is 5.69 Å². The predicted molar refractivity (Wildman–Crippen MR) is 110 cm³/mol. The maximum atomic E-state index is 12.5. The van der Waals surface area contributed by atoms with E-state index < -0.39 is 11.5 Å². The summed E-state index contributed by atoms with van der Waals surface area (Å²) in [5, 5.41) is 8.33. The van der Waals surface area contributed by atoms with Crippen LogP contribution in [0.15, 0.2) is 82.0 Å². The maximum absolute atomic E-state index is 12.5. The second kappa shape index (κ2) is 7.01. The molecule has 0 atom stereocenters. The van der Waals surface area contributed by atoms with Gasteiger partial charge in [-0.1, -0.05) is 54.6 Å². The van der Waals surface area contributed by atoms with E-state index in [9.17, 15) is 9.59 Å². The van der Waals surface area contributed by atoms with Crippen molar-refractivity contribution >= 4 is 50.7 Å². The van der Waals surface area contributed by atoms with E-state index in [1.165, 1.54) is 6.07 Å². The van der Waals surface area contributed by atoms with Crippen molar-refractivity contribution < 1.29 is 9.21 Å². The molecule has 0 saturated heterocycles. The molecule has 0 radical (unpaired) electrons. The highest BCUT2D eigenvalue weighted by atomic mass is 32.1. The number of nitrogens with one attached hydrogen (secondary N) is 2. The number of rotatable bonds is 2. The monoisotopic (exact) mass is 374 g/mol. The first kappa shape index (κ1) is 16.9. The fourth-order valence-corrected chi connectivity index (χ4v) is 3.08. The third-order valence-corrected chi connectivity index (χ3v) is 4.36. The zero-order chi connectivity index (χ0) is 18.8. The fraction of sp³-hybridized carbons (Fsp3) is 0. The zero-order valence-electron chi connectivity index (χ0n) is 14.1. The van der Waals surface area contributed by atoms with Crippen molar-refractivity contribution in [1.82, 2.24) is 5.32 Å². The van der Waals surface area contributed by atoms with Crippen molar-refractivity contribution in [2.75, 3.05) is 5.32 Å². The van der Waals surface area contributed by atoms with Gasteiger partial charge in [-0.25, -0.2) is 4.79 Å². The first-order chi connectivity index (χ1) is 13.1. The highest BCUT2D eigenvalue weighted by molar-refractivity contribution is 7.80. The number of hydrogen-bond donors (Lipinski definition) is 2. The largest absolute Gasteiger partial charge is 0.422 e. The third kappa shape index (κ3) is 3.43. The van der Waals surface area contributed by atoms with Crippen LogP contribution in [-0.4, -0.2) is 11.0 Å². The Bertz CT molecular complexity index is 1240. The molecule has 3 aromatic carbocycles. The molecule has 2 N–H and O–H groups in total. The average molecular weight is 374 g/mol. The number of carbonyl (C=O) groups excluding carboxylic acids is 1. The number of amides is 1. The van der Waals surface area contributed by atoms with Crippen LogP contribution in [0.3, 0.4) is 0 Å². The zero-order valence-corrected chi connectivity index (χ0v) is 14.9. The normalized spacial score (nSPS) is 10.7. The van der Waals surface area contributed by atoms with E-state index in [0.29, 0.717) is 11.0 Å². The molecule has 1 aromatic heterocycles. The number of para-hydroxylation sites is 1. The molecule has 4 aromatic rings. The molecule has 0 unspecified atom stereocenters. The molecule has 0 bridgehead atoms. The van der Waals surface area contributed by atoms with E-state index in [1.807, 2.05) is 42.5 Å². The summed E-state index contributed by atoms with van der Waals surface area (Å²) in [6.45, 7) is 0. The molecule has 0 aliphatic carbocycles. The molecule has 0 aliphatic rings. The van der Waals surface area contributed by atoms with Crippen LogP contribution >= 0.6 is 12.2 Å². The van der Waals surface area contributed by atoms with Crippen LogP contribution < -0.4 is 16.3 Å². The Kier molecular flexibility index (Phi) is 4.40. The molecule has 0 spiro atoms. The Labute approximate surface area is 159 Å². The second-order valence-electron chi connectivity index (χ2n) is 5.92. The summed E-state index contributed by atoms with van der Waals surface area (Å²) >= 11 is 5.24. The van der Waals surface area contributed by atoms with E-state index in [-0.39, 0.29) is 10.7 Å². The lowest BCUT2D eigenvalue weighted by atomic mass is 10.1. The van der Waals surface area contributed by atoms with Gasteiger partial charge in [0.25, 0.3) is 5.91 Å². The lowest BCUT2D eigenvalue weighted by molar-refractivity contribution is 0.0974. The molecule has 0 saturated carbocycles. The maximum Gasteiger partial charge on any atom is 0.349 e. The van der Waals surface area contributed by atoms with Crippen molar-refractivity contribution in [3.05, 3.63) is 88.8 Å². The average Bonchev–Trinajstić information content (AvgIpc) is 2.67. The quantitative estimate of drug-likeness (QED) is 0.409. The summed E-state index contributed by atoms with van der Waals surface area (Å²) in [5.74, 6) is -0.618. The summed E-state index contributed by atoms with van der Waals surface area (Å²) in [7, 11) is 0. The topological polar surface area (TPSA) is 71.3 Å². The number of fused-ring (bicyclic) bond motifs is 2. The highest BCUT2D eigenvalue weighted by Gasteiger charge is 2.15. The van der Waals surface area contributed by atoms with E-state index in [2.05, 4.69) is 10.6 Å². The SMILES string of the molecule is O=C(NC(=S)Nc1cccc2ccccc12)c1cc2ccccc2oc1=O. The van der Waals surface area contributed by atoms with Crippen molar-refractivity contribution in [1.29, 1.82) is 0 Å². The second-order valence-corrected chi connectivity index (χ2v) is 6.33. The van der Waals surface area contributed by atoms with Crippen molar-refractivity contribution in [3.8, 4) is 0 Å². The number of anilines is 1. The van der Waals surface area contributed by atoms with Crippen molar-refractivity contribution in [2.24, 2.45) is 0 Å². The van der Waals surface area contributed by atoms with Gasteiger partial charge in [-0.2, -0.15) is 0 Å². The fourth-order valence-electron chi connectivity index (χ4n) is 2.88. The summed E-state index contributed by atoms with van der Waals surface area (Å²) in [4.78, 5) is 24.6. The Hall–Kier alpha value is -3.51. The Morgan fingerprint density at radius 3 is 2.44 bits per heavy atom. The summed E-state index contributed by atoms with van der Waals surface area (Å²) in [6, 6.07) is 22.1. The molecule has 4 rings (SSSR count). The van der Waals surface area contributed by atoms with Crippen LogP contribution in [0.5, 0.6) is 0 Å². The first-order valence-electron chi connectivity index (χ1n) is 8.25. The number of carbonyl (C=O) groups is 1. The van der Waals surface area contributed by atoms with Gasteiger partial charge in [-0.3, -0.25) is 10.1 Å². The Morgan fingerprint density at radius 2 is 1.59 bits per heavy atom. The molecule has 1 amide bonds. The minimum absolute atomic E-state index is 0.101. The summed E-state index contributed by atoms with van der Waals surface area (Å²) in [6.07, 6.45) is 0. The van der Waals surface area contributed by atoms with Gasteiger partial charge in [0, 0.05) is 16.5 Å². The van der Waals surface area contributed by atoms with E-state index >= 15 is 0 Å². The standard InChI is InChI=1S/C21H14N2O3S/c24-19(16-12-14-7-2-4-11-18(14)26-20(16)25)23-21(27)22-17-10-5-8-13-6-1-3-9-15(13)17/h1-12H,(H2,22,23,24,27). The number of benzene rings is 3. The molecule has 0 aliphatic heterocycles. The van der Waals surface area contributed by atoms with Crippen LogP contribution in [0, 0.1) is 0 Å². The van der Waals surface area contributed by atoms with E-state index in [1.54, 1.807) is 24.3 Å². The predicted octanol–water partition coefficient (Wildman–Crippen LogP) is 4.07. The molecule has 6 heteroatoms. The Balaban J connectivity index is 1.57. The van der Waals surface area contributed by atoms with E-state index in [0.717, 1.165) is 16.5 Å². The van der Waals surface area contributed by atoms with Gasteiger partial charge >= 0.3 is 5.63 Å². The van der Waals surface area contributed by atoms with Crippen LogP contribution in [-0.2, 0) is 0 Å². The van der Waals surface area contributed by atoms with Crippen molar-refractivity contribution in [2.45, 2.75) is 0 Å². The molecular weight excluding hydrogens is 360 g/mol. The van der Waals surface area contributed by atoms with Gasteiger partial charge in [0.2, 0.25) is 0 Å². The van der Waals surface area contributed by atoms with Crippen molar-refractivity contribution in [3.63, 3.8) is 0 Å². The summed E-state index contributed by atoms with van der Waals surface area (Å²) < 4.78 is 5.19. The van der Waals surface area contributed by atoms with Crippen LogP contribution in [0.1, 0.15) is 10.4 Å².